The number of nitrogens with one attached hydrogen (secondary N) is 3. The Hall–Kier alpha value is -3.52. The van der Waals surface area contributed by atoms with Gasteiger partial charge in [0.25, 0.3) is 0 Å². The van der Waals surface area contributed by atoms with Crippen LogP contribution in [0.25, 0.3) is 0 Å². The number of hydrogen-bond donors (Lipinski definition) is 4. The van der Waals surface area contributed by atoms with Crippen LogP contribution in [0.2, 0.25) is 0 Å². The Morgan fingerprint density at radius 2 is 1.62 bits per heavy atom. The van der Waals surface area contributed by atoms with E-state index in [2.05, 4.69) is 26.6 Å². The Balaban J connectivity index is 1.93. The minimum absolute atomic E-state index is 0.0175. The summed E-state index contributed by atoms with van der Waals surface area (Å²) in [6.07, 6.45) is 0. The number of amidine groups is 1. The Bertz CT molecular complexity index is 1060. The topological polar surface area (TPSA) is 109 Å². The molecule has 0 heterocycles. The summed E-state index contributed by atoms with van der Waals surface area (Å²) < 4.78 is 11.6. The van der Waals surface area contributed by atoms with Crippen molar-refractivity contribution in [1.29, 1.82) is 5.41 Å². The monoisotopic (exact) mass is 496 g/mol. The smallest absolute Gasteiger partial charge is 0.247 e. The van der Waals surface area contributed by atoms with Gasteiger partial charge in [-0.25, -0.2) is 0 Å². The van der Waals surface area contributed by atoms with Crippen molar-refractivity contribution in [2.45, 2.75) is 12.6 Å². The summed E-state index contributed by atoms with van der Waals surface area (Å²) in [4.78, 5) is 13.3. The van der Waals surface area contributed by atoms with E-state index < -0.39 is 6.04 Å². The van der Waals surface area contributed by atoms with Crippen LogP contribution < -0.4 is 25.8 Å². The molecule has 1 unspecified atom stereocenters. The van der Waals surface area contributed by atoms with Crippen molar-refractivity contribution in [2.24, 2.45) is 5.73 Å². The number of carbonyl (C=O) groups is 1. The van der Waals surface area contributed by atoms with Gasteiger partial charge in [-0.05, 0) is 63.5 Å². The van der Waals surface area contributed by atoms with Crippen molar-refractivity contribution in [1.82, 2.24) is 5.32 Å². The molecule has 1 atom stereocenters. The highest BCUT2D eigenvalue weighted by molar-refractivity contribution is 9.10. The molecule has 0 saturated heterocycles. The highest BCUT2D eigenvalue weighted by Crippen LogP contribution is 2.38. The summed E-state index contributed by atoms with van der Waals surface area (Å²) in [6, 6.07) is 19.6. The van der Waals surface area contributed by atoms with Crippen molar-refractivity contribution >= 4 is 33.4 Å². The molecule has 3 aromatic rings. The fraction of sp³-hybridized carbons (Fsp3) is 0.167. The highest BCUT2D eigenvalue weighted by Gasteiger charge is 2.24. The number of ether oxygens (including phenoxy) is 2. The number of amides is 1. The molecular weight excluding hydrogens is 472 g/mol. The van der Waals surface area contributed by atoms with E-state index in [1.54, 1.807) is 50.6 Å². The average molecular weight is 497 g/mol. The summed E-state index contributed by atoms with van der Waals surface area (Å²) in [6.45, 7) is 0.395. The first-order valence-corrected chi connectivity index (χ1v) is 10.7. The Morgan fingerprint density at radius 1 is 1.03 bits per heavy atom. The van der Waals surface area contributed by atoms with Gasteiger partial charge in [0.05, 0.1) is 14.2 Å². The van der Waals surface area contributed by atoms with E-state index in [0.29, 0.717) is 39.3 Å². The van der Waals surface area contributed by atoms with E-state index in [4.69, 9.17) is 20.6 Å². The molecule has 0 aliphatic rings. The summed E-state index contributed by atoms with van der Waals surface area (Å²) >= 11 is 3.47. The van der Waals surface area contributed by atoms with Crippen molar-refractivity contribution in [3.63, 3.8) is 0 Å². The normalized spacial score (nSPS) is 11.3. The fourth-order valence-corrected chi connectivity index (χ4v) is 3.71. The molecule has 0 aliphatic carbocycles. The number of anilines is 1. The van der Waals surface area contributed by atoms with E-state index in [1.165, 1.54) is 0 Å². The van der Waals surface area contributed by atoms with Crippen LogP contribution in [-0.2, 0) is 11.3 Å². The SMILES string of the molecule is COc1cc(C(Nc2ccc(C(=N)N)cc2)C(=O)NCc2ccccc2)cc(OC)c1Br. The second kappa shape index (κ2) is 10.7. The van der Waals surface area contributed by atoms with Gasteiger partial charge in [-0.15, -0.1) is 0 Å². The third kappa shape index (κ3) is 5.59. The number of rotatable bonds is 9. The first kappa shape index (κ1) is 23.1. The molecule has 0 radical (unpaired) electrons. The lowest BCUT2D eigenvalue weighted by molar-refractivity contribution is -0.122. The van der Waals surface area contributed by atoms with Crippen molar-refractivity contribution in [2.75, 3.05) is 19.5 Å². The number of methoxy groups -OCH3 is 2. The standard InChI is InChI=1S/C24H25BrN4O3/c1-31-19-12-17(13-20(32-2)21(19)25)22(24(30)28-14-15-6-4-3-5-7-15)29-18-10-8-16(9-11-18)23(26)27/h3-13,22,29H,14H2,1-2H3,(H3,26,27)(H,28,30). The molecule has 0 spiro atoms. The fourth-order valence-electron chi connectivity index (χ4n) is 3.16. The van der Waals surface area contributed by atoms with Crippen LogP contribution in [0.15, 0.2) is 71.2 Å². The molecular formula is C24H25BrN4O3. The van der Waals surface area contributed by atoms with E-state index in [1.807, 2.05) is 30.3 Å². The molecule has 0 fully saturated rings. The molecule has 32 heavy (non-hydrogen) atoms. The summed E-state index contributed by atoms with van der Waals surface area (Å²) in [5.74, 6) is 0.870. The molecule has 8 heteroatoms. The van der Waals surface area contributed by atoms with E-state index >= 15 is 0 Å². The van der Waals surface area contributed by atoms with Gasteiger partial charge in [-0.2, -0.15) is 0 Å². The van der Waals surface area contributed by atoms with Crippen LogP contribution in [0.5, 0.6) is 11.5 Å². The molecule has 3 aromatic carbocycles. The maximum absolute atomic E-state index is 13.3. The minimum atomic E-state index is -0.724. The van der Waals surface area contributed by atoms with Crippen LogP contribution in [0.4, 0.5) is 5.69 Å². The molecule has 0 aromatic heterocycles. The van der Waals surface area contributed by atoms with Gasteiger partial charge in [0.15, 0.2) is 0 Å². The van der Waals surface area contributed by atoms with Crippen molar-refractivity contribution < 1.29 is 14.3 Å². The lowest BCUT2D eigenvalue weighted by atomic mass is 10.0. The lowest BCUT2D eigenvalue weighted by Gasteiger charge is -2.22. The van der Waals surface area contributed by atoms with Crippen LogP contribution in [-0.4, -0.2) is 26.0 Å². The van der Waals surface area contributed by atoms with Gasteiger partial charge in [-0.3, -0.25) is 10.2 Å². The van der Waals surface area contributed by atoms with E-state index in [0.717, 1.165) is 5.56 Å². The second-order valence-corrected chi connectivity index (χ2v) is 7.80. The predicted octanol–water partition coefficient (Wildman–Crippen LogP) is 4.22. The van der Waals surface area contributed by atoms with E-state index in [-0.39, 0.29) is 11.7 Å². The zero-order valence-corrected chi connectivity index (χ0v) is 19.4. The second-order valence-electron chi connectivity index (χ2n) is 7.01. The van der Waals surface area contributed by atoms with Gasteiger partial charge in [0.2, 0.25) is 5.91 Å². The number of nitrogen functional groups attached to an aromatic ring is 1. The summed E-state index contributed by atoms with van der Waals surface area (Å²) in [7, 11) is 3.11. The van der Waals surface area contributed by atoms with Gasteiger partial charge >= 0.3 is 0 Å². The molecule has 0 bridgehead atoms. The van der Waals surface area contributed by atoms with Crippen LogP contribution in [0, 0.1) is 5.41 Å². The Labute approximate surface area is 195 Å². The van der Waals surface area contributed by atoms with E-state index in [9.17, 15) is 4.79 Å². The lowest BCUT2D eigenvalue weighted by Crippen LogP contribution is -2.33. The maximum Gasteiger partial charge on any atom is 0.247 e. The molecule has 0 aliphatic heterocycles. The largest absolute Gasteiger partial charge is 0.495 e. The van der Waals surface area contributed by atoms with Crippen LogP contribution in [0.1, 0.15) is 22.7 Å². The third-order valence-electron chi connectivity index (χ3n) is 4.88. The number of benzene rings is 3. The third-order valence-corrected chi connectivity index (χ3v) is 5.66. The van der Waals surface area contributed by atoms with Gasteiger partial charge in [0.1, 0.15) is 27.8 Å². The number of halogens is 1. The zero-order chi connectivity index (χ0) is 23.1. The predicted molar refractivity (Wildman–Crippen MR) is 129 cm³/mol. The molecule has 7 nitrogen and oxygen atoms in total. The first-order chi connectivity index (χ1) is 15.4. The molecule has 0 saturated carbocycles. The molecule has 3 rings (SSSR count). The summed E-state index contributed by atoms with van der Waals surface area (Å²) in [5, 5.41) is 13.8. The number of nitrogens with two attached hydrogens (primary N) is 1. The molecule has 166 valence electrons. The minimum Gasteiger partial charge on any atom is -0.495 e. The highest BCUT2D eigenvalue weighted by atomic mass is 79.9. The Morgan fingerprint density at radius 3 is 2.16 bits per heavy atom. The summed E-state index contributed by atoms with van der Waals surface area (Å²) in [5.41, 5.74) is 8.52. The average Bonchev–Trinajstić information content (AvgIpc) is 2.82. The van der Waals surface area contributed by atoms with Gasteiger partial charge in [-0.1, -0.05) is 30.3 Å². The van der Waals surface area contributed by atoms with Gasteiger partial charge < -0.3 is 25.8 Å². The Kier molecular flexibility index (Phi) is 7.72. The zero-order valence-electron chi connectivity index (χ0n) is 17.8. The quantitative estimate of drug-likeness (QED) is 0.262. The molecule has 1 amide bonds. The maximum atomic E-state index is 13.3. The number of hydrogen-bond acceptors (Lipinski definition) is 5. The van der Waals surface area contributed by atoms with Gasteiger partial charge in [0, 0.05) is 17.8 Å². The van der Waals surface area contributed by atoms with Crippen molar-refractivity contribution in [3.8, 4) is 11.5 Å². The van der Waals surface area contributed by atoms with Crippen molar-refractivity contribution in [3.05, 3.63) is 87.9 Å². The van der Waals surface area contributed by atoms with Crippen LogP contribution >= 0.6 is 15.9 Å². The van der Waals surface area contributed by atoms with Crippen LogP contribution in [0.3, 0.4) is 0 Å². The first-order valence-electron chi connectivity index (χ1n) is 9.87. The number of carbonyl (C=O) groups excluding carboxylic acids is 1. The molecule has 5 N–H and O–H groups in total.